The van der Waals surface area contributed by atoms with Gasteiger partial charge in [-0.15, -0.1) is 0 Å². The number of rotatable bonds is 5. The molecule has 0 aliphatic carbocycles. The van der Waals surface area contributed by atoms with Crippen molar-refractivity contribution < 1.29 is 19.0 Å². The smallest absolute Gasteiger partial charge is 0.338 e. The topological polar surface area (TPSA) is 44.8 Å². The lowest BCUT2D eigenvalue weighted by molar-refractivity contribution is 0.0525. The SMILES string of the molecule is C=CCOc1cc2c(c(C(=O)OCC)c1)CCO2. The van der Waals surface area contributed by atoms with Gasteiger partial charge in [-0.2, -0.15) is 0 Å². The molecule has 0 saturated heterocycles. The normalized spacial score (nSPS) is 12.5. The Morgan fingerprint density at radius 1 is 1.56 bits per heavy atom. The van der Waals surface area contributed by atoms with Crippen molar-refractivity contribution in [1.29, 1.82) is 0 Å². The first kappa shape index (κ1) is 12.5. The lowest BCUT2D eigenvalue weighted by Crippen LogP contribution is -2.08. The van der Waals surface area contributed by atoms with Gasteiger partial charge in [0.05, 0.1) is 18.8 Å². The lowest BCUT2D eigenvalue weighted by atomic mass is 10.0. The largest absolute Gasteiger partial charge is 0.493 e. The molecule has 96 valence electrons. The zero-order chi connectivity index (χ0) is 13.0. The van der Waals surface area contributed by atoms with Gasteiger partial charge in [-0.3, -0.25) is 0 Å². The van der Waals surface area contributed by atoms with Crippen LogP contribution in [0.3, 0.4) is 0 Å². The molecule has 1 aliphatic rings. The summed E-state index contributed by atoms with van der Waals surface area (Å²) in [6, 6.07) is 3.50. The third-order valence-electron chi connectivity index (χ3n) is 2.66. The summed E-state index contributed by atoms with van der Waals surface area (Å²) in [4.78, 5) is 11.9. The van der Waals surface area contributed by atoms with Crippen molar-refractivity contribution in [2.75, 3.05) is 19.8 Å². The Morgan fingerprint density at radius 3 is 3.11 bits per heavy atom. The molecule has 0 bridgehead atoms. The average Bonchev–Trinajstić information content (AvgIpc) is 2.83. The van der Waals surface area contributed by atoms with Crippen LogP contribution in [0.4, 0.5) is 0 Å². The molecule has 0 fully saturated rings. The molecule has 0 radical (unpaired) electrons. The van der Waals surface area contributed by atoms with Crippen molar-refractivity contribution in [3.8, 4) is 11.5 Å². The number of hydrogen-bond donors (Lipinski definition) is 0. The van der Waals surface area contributed by atoms with Crippen molar-refractivity contribution in [3.63, 3.8) is 0 Å². The van der Waals surface area contributed by atoms with Crippen LogP contribution in [0.15, 0.2) is 24.8 Å². The Balaban J connectivity index is 2.33. The molecule has 0 saturated carbocycles. The van der Waals surface area contributed by atoms with Crippen molar-refractivity contribution >= 4 is 5.97 Å². The fourth-order valence-electron chi connectivity index (χ4n) is 1.90. The predicted octanol–water partition coefficient (Wildman–Crippen LogP) is 2.36. The summed E-state index contributed by atoms with van der Waals surface area (Å²) in [5.41, 5.74) is 1.44. The second-order valence-corrected chi connectivity index (χ2v) is 3.87. The molecule has 0 aromatic heterocycles. The highest BCUT2D eigenvalue weighted by molar-refractivity contribution is 5.92. The van der Waals surface area contributed by atoms with Gasteiger partial charge >= 0.3 is 5.97 Å². The lowest BCUT2D eigenvalue weighted by Gasteiger charge is -2.10. The summed E-state index contributed by atoms with van der Waals surface area (Å²) in [6.07, 6.45) is 2.38. The molecule has 1 heterocycles. The van der Waals surface area contributed by atoms with Crippen LogP contribution in [-0.4, -0.2) is 25.8 Å². The van der Waals surface area contributed by atoms with E-state index in [2.05, 4.69) is 6.58 Å². The number of benzene rings is 1. The molecule has 0 unspecified atom stereocenters. The molecule has 2 rings (SSSR count). The van der Waals surface area contributed by atoms with E-state index in [4.69, 9.17) is 14.2 Å². The third-order valence-corrected chi connectivity index (χ3v) is 2.66. The quantitative estimate of drug-likeness (QED) is 0.592. The fraction of sp³-hybridized carbons (Fsp3) is 0.357. The second kappa shape index (κ2) is 5.58. The van der Waals surface area contributed by atoms with Gasteiger partial charge in [-0.1, -0.05) is 12.7 Å². The molecular formula is C14H16O4. The summed E-state index contributed by atoms with van der Waals surface area (Å²) >= 11 is 0. The highest BCUT2D eigenvalue weighted by Gasteiger charge is 2.23. The molecule has 0 N–H and O–H groups in total. The zero-order valence-electron chi connectivity index (χ0n) is 10.4. The van der Waals surface area contributed by atoms with E-state index in [1.807, 2.05) is 0 Å². The minimum absolute atomic E-state index is 0.330. The van der Waals surface area contributed by atoms with Crippen LogP contribution in [-0.2, 0) is 11.2 Å². The molecule has 0 amide bonds. The number of carbonyl (C=O) groups excluding carboxylic acids is 1. The maximum absolute atomic E-state index is 11.9. The van der Waals surface area contributed by atoms with Crippen LogP contribution in [0.2, 0.25) is 0 Å². The summed E-state index contributed by atoms with van der Waals surface area (Å²) in [5, 5.41) is 0. The molecule has 1 aliphatic heterocycles. The van der Waals surface area contributed by atoms with E-state index in [0.29, 0.717) is 36.9 Å². The standard InChI is InChI=1S/C14H16O4/c1-3-6-17-10-8-12(14(15)16-4-2)11-5-7-18-13(11)9-10/h3,8-9H,1,4-7H2,2H3. The fourth-order valence-corrected chi connectivity index (χ4v) is 1.90. The molecule has 4 heteroatoms. The number of carbonyl (C=O) groups is 1. The minimum atomic E-state index is -0.330. The van der Waals surface area contributed by atoms with Crippen molar-refractivity contribution in [2.24, 2.45) is 0 Å². The van der Waals surface area contributed by atoms with Gasteiger partial charge in [-0.25, -0.2) is 4.79 Å². The van der Waals surface area contributed by atoms with Crippen LogP contribution < -0.4 is 9.47 Å². The van der Waals surface area contributed by atoms with Gasteiger partial charge in [0, 0.05) is 18.1 Å². The van der Waals surface area contributed by atoms with Crippen molar-refractivity contribution in [3.05, 3.63) is 35.9 Å². The zero-order valence-corrected chi connectivity index (χ0v) is 10.4. The Morgan fingerprint density at radius 2 is 2.39 bits per heavy atom. The first-order valence-electron chi connectivity index (χ1n) is 5.96. The van der Waals surface area contributed by atoms with E-state index in [-0.39, 0.29) is 5.97 Å². The van der Waals surface area contributed by atoms with Crippen LogP contribution in [0.1, 0.15) is 22.8 Å². The van der Waals surface area contributed by atoms with E-state index in [0.717, 1.165) is 12.0 Å². The summed E-state index contributed by atoms with van der Waals surface area (Å²) in [6.45, 7) is 6.70. The van der Waals surface area contributed by atoms with Gasteiger partial charge in [-0.05, 0) is 13.0 Å². The first-order chi connectivity index (χ1) is 8.76. The predicted molar refractivity (Wildman–Crippen MR) is 67.3 cm³/mol. The molecule has 0 spiro atoms. The van der Waals surface area contributed by atoms with E-state index >= 15 is 0 Å². The maximum atomic E-state index is 11.9. The van der Waals surface area contributed by atoms with E-state index in [1.54, 1.807) is 25.1 Å². The number of fused-ring (bicyclic) bond motifs is 1. The minimum Gasteiger partial charge on any atom is -0.493 e. The molecule has 18 heavy (non-hydrogen) atoms. The van der Waals surface area contributed by atoms with Crippen molar-refractivity contribution in [2.45, 2.75) is 13.3 Å². The Bertz CT molecular complexity index is 465. The molecular weight excluding hydrogens is 232 g/mol. The summed E-state index contributed by atoms with van der Waals surface area (Å²) in [7, 11) is 0. The molecule has 1 aromatic rings. The average molecular weight is 248 g/mol. The van der Waals surface area contributed by atoms with Crippen molar-refractivity contribution in [1.82, 2.24) is 0 Å². The maximum Gasteiger partial charge on any atom is 0.338 e. The molecule has 4 nitrogen and oxygen atoms in total. The number of hydrogen-bond acceptors (Lipinski definition) is 4. The van der Waals surface area contributed by atoms with Gasteiger partial charge in [0.15, 0.2) is 0 Å². The van der Waals surface area contributed by atoms with Crippen LogP contribution >= 0.6 is 0 Å². The Kier molecular flexibility index (Phi) is 3.87. The van der Waals surface area contributed by atoms with Gasteiger partial charge in [0.2, 0.25) is 0 Å². The number of ether oxygens (including phenoxy) is 3. The van der Waals surface area contributed by atoms with E-state index in [1.165, 1.54) is 0 Å². The first-order valence-corrected chi connectivity index (χ1v) is 5.96. The van der Waals surface area contributed by atoms with E-state index in [9.17, 15) is 4.79 Å². The second-order valence-electron chi connectivity index (χ2n) is 3.87. The van der Waals surface area contributed by atoms with Gasteiger partial charge < -0.3 is 14.2 Å². The highest BCUT2D eigenvalue weighted by atomic mass is 16.5. The summed E-state index contributed by atoms with van der Waals surface area (Å²) in [5.74, 6) is 0.974. The molecule has 1 aromatic carbocycles. The van der Waals surface area contributed by atoms with Gasteiger partial charge in [0.25, 0.3) is 0 Å². The van der Waals surface area contributed by atoms with Crippen LogP contribution in [0.25, 0.3) is 0 Å². The Hall–Kier alpha value is -1.97. The molecule has 0 atom stereocenters. The third kappa shape index (κ3) is 2.47. The Labute approximate surface area is 106 Å². The van der Waals surface area contributed by atoms with E-state index < -0.39 is 0 Å². The monoisotopic (exact) mass is 248 g/mol. The van der Waals surface area contributed by atoms with Gasteiger partial charge in [0.1, 0.15) is 18.1 Å². The van der Waals surface area contributed by atoms with Crippen LogP contribution in [0, 0.1) is 0 Å². The highest BCUT2D eigenvalue weighted by Crippen LogP contribution is 2.33. The van der Waals surface area contributed by atoms with Crippen LogP contribution in [0.5, 0.6) is 11.5 Å². The summed E-state index contributed by atoms with van der Waals surface area (Å²) < 4.78 is 16.0. The number of esters is 1.